The smallest absolute Gasteiger partial charge is 0.744 e. The minimum atomic E-state index is -5.06. The van der Waals surface area contributed by atoms with E-state index in [1.54, 1.807) is 53.7 Å². The molecule has 8 N–H and O–H groups in total. The summed E-state index contributed by atoms with van der Waals surface area (Å²) in [6, 6.07) is 16.3. The zero-order valence-corrected chi connectivity index (χ0v) is 44.6. The van der Waals surface area contributed by atoms with E-state index in [0.29, 0.717) is 11.1 Å². The number of fused-ring (bicyclic) bond motifs is 4. The Morgan fingerprint density at radius 3 is 1.13 bits per heavy atom. The number of benzene rings is 6. The first kappa shape index (κ1) is 53.7. The number of phenols is 4. The minimum absolute atomic E-state index is 0. The fourth-order valence-electron chi connectivity index (χ4n) is 9.29. The van der Waals surface area contributed by atoms with Crippen molar-refractivity contribution >= 4 is 87.0 Å². The molecule has 6 aromatic carbocycles. The molecule has 8 rings (SSSR count). The van der Waals surface area contributed by atoms with Crippen LogP contribution in [0, 0.1) is 25.7 Å². The molecule has 16 nitrogen and oxygen atoms in total. The van der Waals surface area contributed by atoms with Crippen LogP contribution in [-0.4, -0.2) is 68.1 Å². The Morgan fingerprint density at radius 1 is 0.514 bits per heavy atom. The molecule has 350 valence electrons. The van der Waals surface area contributed by atoms with E-state index in [4.69, 9.17) is 0 Å². The number of nitrogens with one attached hydrogen (secondary N) is 2. The van der Waals surface area contributed by atoms with Crippen LogP contribution in [0.2, 0.25) is 0 Å². The van der Waals surface area contributed by atoms with E-state index in [1.807, 2.05) is 0 Å². The zero-order valence-electron chi connectivity index (χ0n) is 39.0. The van der Waals surface area contributed by atoms with Gasteiger partial charge in [0.15, 0.2) is 11.5 Å². The van der Waals surface area contributed by atoms with Crippen LogP contribution in [0.1, 0.15) is 61.1 Å². The summed E-state index contributed by atoms with van der Waals surface area (Å²) in [5.74, 6) is -6.59. The molecule has 2 aliphatic carbocycles. The molecule has 0 fully saturated rings. The van der Waals surface area contributed by atoms with Crippen LogP contribution in [0.3, 0.4) is 0 Å². The summed E-state index contributed by atoms with van der Waals surface area (Å²) in [5, 5.41) is 75.9. The Morgan fingerprint density at radius 2 is 0.829 bits per heavy atom. The number of aliphatic hydroxyl groups excluding tert-OH is 2. The van der Waals surface area contributed by atoms with Crippen molar-refractivity contribution in [2.45, 2.75) is 51.3 Å². The van der Waals surface area contributed by atoms with E-state index in [1.165, 1.54) is 48.5 Å². The molecule has 0 aromatic heterocycles. The van der Waals surface area contributed by atoms with Crippen molar-refractivity contribution in [3.05, 3.63) is 130 Å². The Balaban J connectivity index is 0.00000402. The van der Waals surface area contributed by atoms with Crippen LogP contribution < -0.4 is 69.7 Å². The summed E-state index contributed by atoms with van der Waals surface area (Å²) in [6.45, 7) is 10.1. The second-order valence-corrected chi connectivity index (χ2v) is 19.8. The molecule has 0 unspecified atom stereocenters. The number of carbonyl (C=O) groups is 2. The minimum Gasteiger partial charge on any atom is -0.744 e. The standard InChI is InChI=1S/C50H44N2O14S2.2Na/c1-21(2)37-29-15-23(5)39(47(57)41(29)31(45(55)49(37)59)19-51-43-27-13-9-7-11-25(27)35(17-33(43)53)67(61,62)63)40-24(6)16-30-38(22(3)4)50(60)46(56)32(42(30)48(40)58)20-52-44-28-14-10-8-12-26(28)36(18-34(44)54)68(64,65)66;;/h7-22,51-54,57-60H,1-6H3,(H,61,62,63)(H,64,65,66);;/q;2*+1/p-2/b31-19-,32-20?;;. The number of anilines is 2. The predicted octanol–water partition coefficient (Wildman–Crippen LogP) is 2.84. The number of carbonyl (C=O) groups excluding carboxylic acids is 2. The van der Waals surface area contributed by atoms with Crippen molar-refractivity contribution < 1.29 is 125 Å². The van der Waals surface area contributed by atoms with Crippen molar-refractivity contribution in [1.82, 2.24) is 0 Å². The average molecular weight is 1010 g/mol. The third-order valence-electron chi connectivity index (χ3n) is 12.2. The van der Waals surface area contributed by atoms with Crippen molar-refractivity contribution in [2.75, 3.05) is 10.6 Å². The van der Waals surface area contributed by atoms with Gasteiger partial charge in [-0.3, -0.25) is 9.59 Å². The van der Waals surface area contributed by atoms with Gasteiger partial charge in [-0.25, -0.2) is 16.8 Å². The van der Waals surface area contributed by atoms with Gasteiger partial charge in [0, 0.05) is 79.5 Å². The maximum absolute atomic E-state index is 14.2. The number of allylic oxidation sites excluding steroid dienone is 4. The second-order valence-electron chi connectivity index (χ2n) is 17.1. The zero-order chi connectivity index (χ0) is 49.6. The first-order chi connectivity index (χ1) is 31.9. The number of hydrogen-bond acceptors (Lipinski definition) is 16. The Bertz CT molecular complexity index is 3410. The van der Waals surface area contributed by atoms with Gasteiger partial charge >= 0.3 is 59.1 Å². The van der Waals surface area contributed by atoms with Gasteiger partial charge in [0.1, 0.15) is 43.2 Å². The summed E-state index contributed by atoms with van der Waals surface area (Å²) in [6.07, 6.45) is 2.21. The summed E-state index contributed by atoms with van der Waals surface area (Å²) in [4.78, 5) is 27.1. The fraction of sp³-hybridized carbons (Fsp3) is 0.160. The van der Waals surface area contributed by atoms with Gasteiger partial charge in [-0.1, -0.05) is 88.4 Å². The van der Waals surface area contributed by atoms with Crippen LogP contribution in [0.15, 0.2) is 107 Å². The number of rotatable bonds is 9. The molecule has 0 amide bonds. The van der Waals surface area contributed by atoms with Crippen LogP contribution in [0.5, 0.6) is 23.0 Å². The van der Waals surface area contributed by atoms with E-state index < -0.39 is 87.9 Å². The molecule has 6 aromatic rings. The largest absolute Gasteiger partial charge is 1.00 e. The summed E-state index contributed by atoms with van der Waals surface area (Å²) >= 11 is 0. The topological polar surface area (TPSA) is 294 Å². The second kappa shape index (κ2) is 19.5. The van der Waals surface area contributed by atoms with Gasteiger partial charge in [0.05, 0.1) is 32.3 Å². The van der Waals surface area contributed by atoms with Gasteiger partial charge in [-0.05, 0) is 47.9 Å². The molecule has 0 saturated heterocycles. The first-order valence-corrected chi connectivity index (χ1v) is 23.7. The molecule has 0 spiro atoms. The number of hydrogen-bond donors (Lipinski definition) is 8. The number of ketones is 2. The number of aromatic hydroxyl groups is 4. The van der Waals surface area contributed by atoms with E-state index in [9.17, 15) is 66.2 Å². The van der Waals surface area contributed by atoms with E-state index >= 15 is 0 Å². The predicted molar refractivity (Wildman–Crippen MR) is 254 cm³/mol. The SMILES string of the molecule is Cc1cc2c(c(O)c1-c1c(C)cc3c(c1O)/C(=C/Nc1c(O)cc(S(=O)(=O)[O-])c4ccccc14)C(=O)C(O)=C3C(C)C)C(=CNc1c(O)cc(S(=O)(=O)[O-])c3ccccc13)C(=O)C(O)=C2C(C)C.[Na+].[Na+]. The molecule has 2 aliphatic rings. The third kappa shape index (κ3) is 8.91. The third-order valence-corrected chi connectivity index (χ3v) is 13.9. The number of phenolic OH excluding ortho intramolecular Hbond substituents is 4. The van der Waals surface area contributed by atoms with Crippen LogP contribution >= 0.6 is 0 Å². The van der Waals surface area contributed by atoms with Gasteiger partial charge in [-0.15, -0.1) is 0 Å². The Kier molecular flexibility index (Phi) is 15.0. The number of Topliss-reactive ketones (excluding diaryl/α,β-unsaturated/α-hetero) is 2. The van der Waals surface area contributed by atoms with Crippen LogP contribution in [0.25, 0.3) is 55.0 Å². The van der Waals surface area contributed by atoms with E-state index in [0.717, 1.165) is 24.5 Å². The molecule has 20 heteroatoms. The normalized spacial score (nSPS) is 15.2. The Labute approximate surface area is 446 Å². The summed E-state index contributed by atoms with van der Waals surface area (Å²) < 4.78 is 72.9. The number of aryl methyl sites for hydroxylation is 2. The molecule has 0 atom stereocenters. The Hall–Kier alpha value is -5.64. The van der Waals surface area contributed by atoms with Gasteiger partial charge in [-0.2, -0.15) is 0 Å². The van der Waals surface area contributed by atoms with Gasteiger partial charge < -0.3 is 50.4 Å². The quantitative estimate of drug-likeness (QED) is 0.0447. The van der Waals surface area contributed by atoms with E-state index in [-0.39, 0.29) is 148 Å². The molecule has 0 saturated carbocycles. The van der Waals surface area contributed by atoms with Crippen molar-refractivity contribution in [1.29, 1.82) is 0 Å². The van der Waals surface area contributed by atoms with Gasteiger partial charge in [0.25, 0.3) is 0 Å². The fourth-order valence-corrected chi connectivity index (χ4v) is 10.7. The molecular formula is C50H42N2Na2O14S2. The van der Waals surface area contributed by atoms with Gasteiger partial charge in [0.2, 0.25) is 11.6 Å². The van der Waals surface area contributed by atoms with Crippen molar-refractivity contribution in [2.24, 2.45) is 11.8 Å². The number of aliphatic hydroxyl groups is 2. The average Bonchev–Trinajstić information content (AvgIpc) is 3.25. The summed E-state index contributed by atoms with van der Waals surface area (Å²) in [5.41, 5.74) is 0.383. The van der Waals surface area contributed by atoms with Crippen LogP contribution in [-0.2, 0) is 29.8 Å². The molecule has 0 radical (unpaired) electrons. The molecule has 0 aliphatic heterocycles. The maximum atomic E-state index is 14.2. The summed E-state index contributed by atoms with van der Waals surface area (Å²) in [7, 11) is -10.1. The van der Waals surface area contributed by atoms with Crippen molar-refractivity contribution in [3.63, 3.8) is 0 Å². The molecule has 0 heterocycles. The molecule has 0 bridgehead atoms. The first-order valence-electron chi connectivity index (χ1n) is 20.9. The van der Waals surface area contributed by atoms with E-state index in [2.05, 4.69) is 10.6 Å². The molecular weight excluding hydrogens is 963 g/mol. The molecule has 70 heavy (non-hydrogen) atoms. The maximum Gasteiger partial charge on any atom is 1.00 e. The van der Waals surface area contributed by atoms with Crippen LogP contribution in [0.4, 0.5) is 11.4 Å². The van der Waals surface area contributed by atoms with Crippen molar-refractivity contribution in [3.8, 4) is 34.1 Å². The monoisotopic (exact) mass is 1000 g/mol.